The predicted molar refractivity (Wildman–Crippen MR) is 86.3 cm³/mol. The van der Waals surface area contributed by atoms with Gasteiger partial charge in [0.15, 0.2) is 11.9 Å². The lowest BCUT2D eigenvalue weighted by atomic mass is 9.94. The first-order chi connectivity index (χ1) is 10.9. The first-order valence-corrected chi connectivity index (χ1v) is 7.28. The third-order valence-corrected chi connectivity index (χ3v) is 3.55. The van der Waals surface area contributed by atoms with Gasteiger partial charge in [-0.1, -0.05) is 6.07 Å². The Morgan fingerprint density at radius 1 is 1.39 bits per heavy atom. The number of para-hydroxylation sites is 1. The minimum atomic E-state index is -0.619. The Kier molecular flexibility index (Phi) is 4.90. The van der Waals surface area contributed by atoms with Crippen LogP contribution in [0.3, 0.4) is 0 Å². The molecule has 7 heteroatoms. The van der Waals surface area contributed by atoms with Crippen LogP contribution in [0.5, 0.6) is 5.75 Å². The molecule has 0 heterocycles. The van der Waals surface area contributed by atoms with Crippen molar-refractivity contribution in [3.8, 4) is 5.75 Å². The maximum atomic E-state index is 12.1. The van der Waals surface area contributed by atoms with Crippen LogP contribution in [0.1, 0.15) is 17.3 Å². The van der Waals surface area contributed by atoms with Crippen molar-refractivity contribution in [2.45, 2.75) is 13.0 Å². The number of nitrogens with one attached hydrogen (secondary N) is 2. The van der Waals surface area contributed by atoms with E-state index in [4.69, 9.17) is 4.74 Å². The van der Waals surface area contributed by atoms with Gasteiger partial charge in [0.1, 0.15) is 5.70 Å². The van der Waals surface area contributed by atoms with Gasteiger partial charge < -0.3 is 25.4 Å². The molecule has 124 valence electrons. The number of benzene rings is 1. The van der Waals surface area contributed by atoms with E-state index in [9.17, 15) is 14.7 Å². The van der Waals surface area contributed by atoms with E-state index in [1.54, 1.807) is 26.2 Å². The van der Waals surface area contributed by atoms with Crippen LogP contribution in [0.15, 0.2) is 29.6 Å². The molecule has 1 aromatic carbocycles. The number of carbonyl (C=O) groups is 2. The second-order valence-electron chi connectivity index (χ2n) is 5.33. The molecule has 7 nitrogen and oxygen atoms in total. The molecule has 0 aromatic heterocycles. The molecule has 0 saturated carbocycles. The van der Waals surface area contributed by atoms with E-state index < -0.39 is 6.10 Å². The van der Waals surface area contributed by atoms with Gasteiger partial charge in [-0.25, -0.2) is 0 Å². The molecule has 1 aliphatic carbocycles. The number of amides is 1. The molecular weight excluding hydrogens is 298 g/mol. The van der Waals surface area contributed by atoms with Crippen molar-refractivity contribution in [3.05, 3.63) is 35.2 Å². The summed E-state index contributed by atoms with van der Waals surface area (Å²) >= 11 is 0. The molecule has 0 fully saturated rings. The van der Waals surface area contributed by atoms with Crippen LogP contribution < -0.4 is 10.6 Å². The summed E-state index contributed by atoms with van der Waals surface area (Å²) < 4.78 is 5.12. The van der Waals surface area contributed by atoms with Crippen molar-refractivity contribution >= 4 is 17.4 Å². The highest BCUT2D eigenvalue weighted by atomic mass is 16.5. The SMILES string of the molecule is CCNC1=C(Nc2cccc(C(=O)N(C)C)c2O)C(=O)C1OC. The van der Waals surface area contributed by atoms with Crippen LogP contribution >= 0.6 is 0 Å². The Balaban J connectivity index is 2.34. The molecule has 23 heavy (non-hydrogen) atoms. The number of hydrogen-bond acceptors (Lipinski definition) is 6. The maximum Gasteiger partial charge on any atom is 0.257 e. The van der Waals surface area contributed by atoms with Gasteiger partial charge in [-0.05, 0) is 19.1 Å². The number of aromatic hydroxyl groups is 1. The number of ether oxygens (including phenoxy) is 1. The highest BCUT2D eigenvalue weighted by molar-refractivity contribution is 6.11. The first-order valence-electron chi connectivity index (χ1n) is 7.28. The Morgan fingerprint density at radius 3 is 2.65 bits per heavy atom. The van der Waals surface area contributed by atoms with E-state index in [2.05, 4.69) is 10.6 Å². The van der Waals surface area contributed by atoms with E-state index in [1.165, 1.54) is 18.1 Å². The fourth-order valence-corrected chi connectivity index (χ4v) is 2.37. The first kappa shape index (κ1) is 16.8. The van der Waals surface area contributed by atoms with Crippen molar-refractivity contribution < 1.29 is 19.4 Å². The molecule has 1 unspecified atom stereocenters. The lowest BCUT2D eigenvalue weighted by Crippen LogP contribution is -2.46. The number of phenols is 1. The summed E-state index contributed by atoms with van der Waals surface area (Å²) in [6.07, 6.45) is -0.619. The third kappa shape index (κ3) is 3.00. The van der Waals surface area contributed by atoms with E-state index in [1.807, 2.05) is 6.92 Å². The summed E-state index contributed by atoms with van der Waals surface area (Å²) in [4.78, 5) is 25.5. The zero-order valence-corrected chi connectivity index (χ0v) is 13.6. The van der Waals surface area contributed by atoms with Crippen LogP contribution in [-0.2, 0) is 9.53 Å². The lowest BCUT2D eigenvalue weighted by Gasteiger charge is -2.31. The van der Waals surface area contributed by atoms with Gasteiger partial charge >= 0.3 is 0 Å². The summed E-state index contributed by atoms with van der Waals surface area (Å²) in [6.45, 7) is 2.55. The Hall–Kier alpha value is -2.54. The standard InChI is InChI=1S/C16H21N3O4/c1-5-17-12-11(14(21)15(12)23-4)18-10-8-6-7-9(13(10)20)16(22)19(2)3/h6-8,15,17-18,20H,5H2,1-4H3. The second kappa shape index (κ2) is 6.70. The smallest absolute Gasteiger partial charge is 0.257 e. The summed E-state index contributed by atoms with van der Waals surface area (Å²) in [7, 11) is 4.67. The van der Waals surface area contributed by atoms with Crippen molar-refractivity contribution in [1.29, 1.82) is 0 Å². The zero-order valence-electron chi connectivity index (χ0n) is 13.6. The second-order valence-corrected chi connectivity index (χ2v) is 5.33. The van der Waals surface area contributed by atoms with Gasteiger partial charge in [0, 0.05) is 27.7 Å². The van der Waals surface area contributed by atoms with E-state index in [0.29, 0.717) is 23.6 Å². The number of hydrogen-bond donors (Lipinski definition) is 3. The Labute approximate surface area is 134 Å². The normalized spacial score (nSPS) is 16.9. The molecule has 0 bridgehead atoms. The van der Waals surface area contributed by atoms with Gasteiger partial charge in [-0.3, -0.25) is 9.59 Å². The number of likely N-dealkylation sites (N-methyl/N-ethyl adjacent to an activating group) is 1. The molecule has 2 rings (SSSR count). The maximum absolute atomic E-state index is 12.1. The number of anilines is 1. The van der Waals surface area contributed by atoms with Gasteiger partial charge in [-0.15, -0.1) is 0 Å². The van der Waals surface area contributed by atoms with E-state index in [0.717, 1.165) is 0 Å². The average Bonchev–Trinajstić information content (AvgIpc) is 2.53. The van der Waals surface area contributed by atoms with E-state index in [-0.39, 0.29) is 23.0 Å². The molecular formula is C16H21N3O4. The summed E-state index contributed by atoms with van der Waals surface area (Å²) in [5.41, 5.74) is 1.44. The van der Waals surface area contributed by atoms with Crippen LogP contribution in [0.4, 0.5) is 5.69 Å². The van der Waals surface area contributed by atoms with Crippen LogP contribution in [0.25, 0.3) is 0 Å². The summed E-state index contributed by atoms with van der Waals surface area (Å²) in [5, 5.41) is 16.3. The minimum Gasteiger partial charge on any atom is -0.505 e. The van der Waals surface area contributed by atoms with Crippen LogP contribution in [0.2, 0.25) is 0 Å². The Bertz CT molecular complexity index is 667. The molecule has 0 saturated heterocycles. The molecule has 1 aliphatic rings. The average molecular weight is 319 g/mol. The topological polar surface area (TPSA) is 90.9 Å². The van der Waals surface area contributed by atoms with Crippen molar-refractivity contribution in [1.82, 2.24) is 10.2 Å². The molecule has 0 spiro atoms. The third-order valence-electron chi connectivity index (χ3n) is 3.55. The molecule has 1 atom stereocenters. The molecule has 1 amide bonds. The number of carbonyl (C=O) groups excluding carboxylic acids is 2. The fraction of sp³-hybridized carbons (Fsp3) is 0.375. The number of ketones is 1. The molecule has 1 aromatic rings. The molecule has 0 aliphatic heterocycles. The highest BCUT2D eigenvalue weighted by Gasteiger charge is 2.40. The monoisotopic (exact) mass is 319 g/mol. The highest BCUT2D eigenvalue weighted by Crippen LogP contribution is 2.33. The summed E-state index contributed by atoms with van der Waals surface area (Å²) in [6, 6.07) is 4.78. The number of methoxy groups -OCH3 is 1. The van der Waals surface area contributed by atoms with Gasteiger partial charge in [-0.2, -0.15) is 0 Å². The van der Waals surface area contributed by atoms with Crippen LogP contribution in [-0.4, -0.2) is 55.6 Å². The van der Waals surface area contributed by atoms with Crippen molar-refractivity contribution in [3.63, 3.8) is 0 Å². The largest absolute Gasteiger partial charge is 0.505 e. The van der Waals surface area contributed by atoms with Gasteiger partial charge in [0.05, 0.1) is 16.9 Å². The number of Topliss-reactive ketones (excluding diaryl/α,β-unsaturated/α-hetero) is 1. The number of nitrogens with zero attached hydrogens (tertiary/aromatic N) is 1. The van der Waals surface area contributed by atoms with Crippen molar-refractivity contribution in [2.24, 2.45) is 0 Å². The molecule has 3 N–H and O–H groups in total. The summed E-state index contributed by atoms with van der Waals surface area (Å²) in [5.74, 6) is -0.711. The zero-order chi connectivity index (χ0) is 17.1. The van der Waals surface area contributed by atoms with E-state index >= 15 is 0 Å². The lowest BCUT2D eigenvalue weighted by molar-refractivity contribution is -0.126. The number of phenolic OH excluding ortho intramolecular Hbond substituents is 1. The van der Waals surface area contributed by atoms with Crippen LogP contribution in [0, 0.1) is 0 Å². The quantitative estimate of drug-likeness (QED) is 0.676. The van der Waals surface area contributed by atoms with Gasteiger partial charge in [0.25, 0.3) is 5.91 Å². The van der Waals surface area contributed by atoms with Gasteiger partial charge in [0.2, 0.25) is 5.78 Å². The predicted octanol–water partition coefficient (Wildman–Crippen LogP) is 0.925. The Morgan fingerprint density at radius 2 is 2.09 bits per heavy atom. The molecule has 0 radical (unpaired) electrons. The minimum absolute atomic E-state index is 0.167. The fourth-order valence-electron chi connectivity index (χ4n) is 2.37. The number of rotatable bonds is 6. The van der Waals surface area contributed by atoms with Crippen molar-refractivity contribution in [2.75, 3.05) is 33.1 Å².